The molecule has 4 nitrogen and oxygen atoms in total. The van der Waals surface area contributed by atoms with Crippen molar-refractivity contribution in [1.29, 1.82) is 0 Å². The summed E-state index contributed by atoms with van der Waals surface area (Å²) in [5.74, 6) is 0.115. The fourth-order valence-electron chi connectivity index (χ4n) is 1.88. The van der Waals surface area contributed by atoms with Crippen LogP contribution in [0.15, 0.2) is 42.7 Å². The van der Waals surface area contributed by atoms with Crippen molar-refractivity contribution in [3.63, 3.8) is 0 Å². The molecule has 1 aromatic heterocycles. The zero-order valence-corrected chi connectivity index (χ0v) is 10.0. The molecule has 0 radical (unpaired) electrons. The summed E-state index contributed by atoms with van der Waals surface area (Å²) in [7, 11) is 0. The van der Waals surface area contributed by atoms with Gasteiger partial charge in [0.25, 0.3) is 0 Å². The Morgan fingerprint density at radius 2 is 2.11 bits per heavy atom. The minimum absolute atomic E-state index is 0.115. The van der Waals surface area contributed by atoms with Crippen LogP contribution in [0.5, 0.6) is 0 Å². The number of carbonyl (C=O) groups excluding carboxylic acids is 1. The molecule has 1 fully saturated rings. The van der Waals surface area contributed by atoms with Crippen LogP contribution in [-0.4, -0.2) is 21.7 Å². The van der Waals surface area contributed by atoms with Crippen LogP contribution in [0.25, 0.3) is 5.69 Å². The minimum Gasteiger partial charge on any atom is -0.353 e. The molecule has 0 unspecified atom stereocenters. The number of nitrogens with zero attached hydrogens (tertiary/aromatic N) is 2. The van der Waals surface area contributed by atoms with Gasteiger partial charge < -0.3 is 5.32 Å². The highest BCUT2D eigenvalue weighted by Crippen LogP contribution is 2.18. The molecule has 0 aliphatic heterocycles. The number of hydrogen-bond acceptors (Lipinski definition) is 2. The van der Waals surface area contributed by atoms with Crippen molar-refractivity contribution in [2.75, 3.05) is 0 Å². The first-order valence-electron chi connectivity index (χ1n) is 6.19. The maximum Gasteiger partial charge on any atom is 0.224 e. The maximum atomic E-state index is 11.6. The largest absolute Gasteiger partial charge is 0.353 e. The molecule has 3 rings (SSSR count). The first kappa shape index (κ1) is 11.0. The van der Waals surface area contributed by atoms with Gasteiger partial charge in [-0.15, -0.1) is 0 Å². The fraction of sp³-hybridized carbons (Fsp3) is 0.286. The Morgan fingerprint density at radius 1 is 1.33 bits per heavy atom. The molecule has 1 heterocycles. The number of amides is 1. The number of carbonyl (C=O) groups is 1. The van der Waals surface area contributed by atoms with Crippen molar-refractivity contribution in [2.24, 2.45) is 0 Å². The zero-order chi connectivity index (χ0) is 12.4. The molecular weight excluding hydrogens is 226 g/mol. The van der Waals surface area contributed by atoms with Crippen LogP contribution in [-0.2, 0) is 11.2 Å². The van der Waals surface area contributed by atoms with Crippen LogP contribution in [0.2, 0.25) is 0 Å². The normalized spacial score (nSPS) is 14.4. The third-order valence-electron chi connectivity index (χ3n) is 3.01. The van der Waals surface area contributed by atoms with Gasteiger partial charge in [0.15, 0.2) is 0 Å². The minimum atomic E-state index is 0.115. The molecule has 1 aliphatic carbocycles. The van der Waals surface area contributed by atoms with Crippen molar-refractivity contribution in [3.8, 4) is 5.69 Å². The monoisotopic (exact) mass is 241 g/mol. The van der Waals surface area contributed by atoms with E-state index in [4.69, 9.17) is 0 Å². The summed E-state index contributed by atoms with van der Waals surface area (Å²) >= 11 is 0. The number of rotatable bonds is 4. The Hall–Kier alpha value is -2.10. The molecule has 4 heteroatoms. The van der Waals surface area contributed by atoms with Gasteiger partial charge in [-0.25, -0.2) is 4.68 Å². The van der Waals surface area contributed by atoms with E-state index in [9.17, 15) is 4.79 Å². The second kappa shape index (κ2) is 4.64. The Kier molecular flexibility index (Phi) is 2.84. The number of hydrogen-bond donors (Lipinski definition) is 1. The standard InChI is InChI=1S/C14H15N3O/c18-14(16-12-4-5-12)10-11-2-6-13(7-3-11)17-9-1-8-15-17/h1-3,6-9,12H,4-5,10H2,(H,16,18). The van der Waals surface area contributed by atoms with Crippen LogP contribution in [0.4, 0.5) is 0 Å². The molecule has 2 aromatic rings. The second-order valence-corrected chi connectivity index (χ2v) is 4.64. The quantitative estimate of drug-likeness (QED) is 0.885. The van der Waals surface area contributed by atoms with Crippen LogP contribution >= 0.6 is 0 Å². The van der Waals surface area contributed by atoms with E-state index < -0.39 is 0 Å². The van der Waals surface area contributed by atoms with E-state index in [0.29, 0.717) is 12.5 Å². The van der Waals surface area contributed by atoms with E-state index in [0.717, 1.165) is 24.1 Å². The Balaban J connectivity index is 1.65. The summed E-state index contributed by atoms with van der Waals surface area (Å²) in [4.78, 5) is 11.6. The van der Waals surface area contributed by atoms with E-state index >= 15 is 0 Å². The smallest absolute Gasteiger partial charge is 0.224 e. The molecule has 0 bridgehead atoms. The van der Waals surface area contributed by atoms with Crippen LogP contribution in [0.1, 0.15) is 18.4 Å². The average Bonchev–Trinajstić information content (AvgIpc) is 3.01. The van der Waals surface area contributed by atoms with Gasteiger partial charge in [0.05, 0.1) is 12.1 Å². The topological polar surface area (TPSA) is 46.9 Å². The van der Waals surface area contributed by atoms with E-state index in [1.54, 1.807) is 10.9 Å². The first-order chi connectivity index (χ1) is 8.81. The van der Waals surface area contributed by atoms with Crippen molar-refractivity contribution in [1.82, 2.24) is 15.1 Å². The predicted octanol–water partition coefficient (Wildman–Crippen LogP) is 1.69. The number of aromatic nitrogens is 2. The van der Waals surface area contributed by atoms with Crippen LogP contribution in [0.3, 0.4) is 0 Å². The molecule has 92 valence electrons. The van der Waals surface area contributed by atoms with E-state index in [-0.39, 0.29) is 5.91 Å². The molecule has 0 atom stereocenters. The van der Waals surface area contributed by atoms with Crippen molar-refractivity contribution in [3.05, 3.63) is 48.3 Å². The summed E-state index contributed by atoms with van der Waals surface area (Å²) < 4.78 is 1.80. The molecule has 1 amide bonds. The molecule has 1 N–H and O–H groups in total. The van der Waals surface area contributed by atoms with E-state index in [1.165, 1.54) is 0 Å². The van der Waals surface area contributed by atoms with Gasteiger partial charge in [-0.2, -0.15) is 5.10 Å². The fourth-order valence-corrected chi connectivity index (χ4v) is 1.88. The van der Waals surface area contributed by atoms with Gasteiger partial charge in [0.2, 0.25) is 5.91 Å². The third kappa shape index (κ3) is 2.59. The number of benzene rings is 1. The molecule has 18 heavy (non-hydrogen) atoms. The summed E-state index contributed by atoms with van der Waals surface area (Å²) in [5, 5.41) is 7.15. The average molecular weight is 241 g/mol. The third-order valence-corrected chi connectivity index (χ3v) is 3.01. The Morgan fingerprint density at radius 3 is 2.72 bits per heavy atom. The lowest BCUT2D eigenvalue weighted by Crippen LogP contribution is -2.26. The Labute approximate surface area is 106 Å². The summed E-state index contributed by atoms with van der Waals surface area (Å²) in [6.07, 6.45) is 6.36. The summed E-state index contributed by atoms with van der Waals surface area (Å²) in [6.45, 7) is 0. The highest BCUT2D eigenvalue weighted by Gasteiger charge is 2.22. The van der Waals surface area contributed by atoms with Crippen molar-refractivity contribution < 1.29 is 4.79 Å². The maximum absolute atomic E-state index is 11.6. The Bertz CT molecular complexity index is 527. The van der Waals surface area contributed by atoms with Gasteiger partial charge in [-0.1, -0.05) is 12.1 Å². The van der Waals surface area contributed by atoms with Gasteiger partial charge in [-0.3, -0.25) is 4.79 Å². The summed E-state index contributed by atoms with van der Waals surface area (Å²) in [5.41, 5.74) is 2.04. The molecule has 1 saturated carbocycles. The molecule has 1 aromatic carbocycles. The lowest BCUT2D eigenvalue weighted by atomic mass is 10.1. The molecular formula is C14H15N3O. The van der Waals surface area contributed by atoms with Gasteiger partial charge in [-0.05, 0) is 36.6 Å². The van der Waals surface area contributed by atoms with Gasteiger partial charge in [0.1, 0.15) is 0 Å². The van der Waals surface area contributed by atoms with E-state index in [1.807, 2.05) is 36.5 Å². The zero-order valence-electron chi connectivity index (χ0n) is 10.0. The molecule has 1 aliphatic rings. The first-order valence-corrected chi connectivity index (χ1v) is 6.19. The lowest BCUT2D eigenvalue weighted by Gasteiger charge is -2.05. The predicted molar refractivity (Wildman–Crippen MR) is 68.4 cm³/mol. The van der Waals surface area contributed by atoms with Crippen molar-refractivity contribution >= 4 is 5.91 Å². The van der Waals surface area contributed by atoms with Crippen LogP contribution < -0.4 is 5.32 Å². The van der Waals surface area contributed by atoms with Gasteiger partial charge >= 0.3 is 0 Å². The van der Waals surface area contributed by atoms with E-state index in [2.05, 4.69) is 10.4 Å². The van der Waals surface area contributed by atoms with Crippen molar-refractivity contribution in [2.45, 2.75) is 25.3 Å². The van der Waals surface area contributed by atoms with Gasteiger partial charge in [0, 0.05) is 18.4 Å². The van der Waals surface area contributed by atoms with Crippen LogP contribution in [0, 0.1) is 0 Å². The molecule has 0 spiro atoms. The highest BCUT2D eigenvalue weighted by atomic mass is 16.1. The summed E-state index contributed by atoms with van der Waals surface area (Å²) in [6, 6.07) is 10.2. The second-order valence-electron chi connectivity index (χ2n) is 4.64. The number of nitrogens with one attached hydrogen (secondary N) is 1. The highest BCUT2D eigenvalue weighted by molar-refractivity contribution is 5.79. The molecule has 0 saturated heterocycles. The lowest BCUT2D eigenvalue weighted by molar-refractivity contribution is -0.120. The SMILES string of the molecule is O=C(Cc1ccc(-n2cccn2)cc1)NC1CC1.